The van der Waals surface area contributed by atoms with Gasteiger partial charge in [0.25, 0.3) is 0 Å². The molecule has 4 rings (SSSR count). The molecule has 0 nitrogen and oxygen atoms in total. The summed E-state index contributed by atoms with van der Waals surface area (Å²) < 4.78 is 0. The van der Waals surface area contributed by atoms with Crippen molar-refractivity contribution >= 4 is 27.3 Å². The molecule has 4 aliphatic rings. The standard InChI is InChI=1S/C10H15.Pb.2H/c1-7-2-9-4-8(1)5-10(3-7)6-9;;;/h7-9H,1-6H2;;;. The van der Waals surface area contributed by atoms with Gasteiger partial charge in [-0.15, -0.1) is 0 Å². The number of hydrogen-bond donors (Lipinski definition) is 0. The van der Waals surface area contributed by atoms with Crippen LogP contribution in [0.3, 0.4) is 0 Å². The first-order valence-corrected chi connectivity index (χ1v) is 4.73. The van der Waals surface area contributed by atoms with E-state index >= 15 is 0 Å². The molecule has 4 saturated carbocycles. The molecule has 3 radical (unpaired) electrons. The van der Waals surface area contributed by atoms with Gasteiger partial charge >= 0.3 is 27.3 Å². The van der Waals surface area contributed by atoms with Gasteiger partial charge in [-0.25, -0.2) is 0 Å². The van der Waals surface area contributed by atoms with Crippen molar-refractivity contribution < 1.29 is 0 Å². The molecular weight excluding hydrogens is 327 g/mol. The molecule has 0 amide bonds. The molecule has 0 unspecified atom stereocenters. The van der Waals surface area contributed by atoms with E-state index in [-0.39, 0.29) is 27.3 Å². The van der Waals surface area contributed by atoms with E-state index in [1.165, 1.54) is 19.3 Å². The Hall–Kier alpha value is 0.922. The fraction of sp³-hybridized carbons (Fsp3) is 0.900. The van der Waals surface area contributed by atoms with Gasteiger partial charge in [0.15, 0.2) is 0 Å². The van der Waals surface area contributed by atoms with Gasteiger partial charge in [-0.2, -0.15) is 0 Å². The van der Waals surface area contributed by atoms with Crippen LogP contribution in [-0.2, 0) is 0 Å². The Balaban J connectivity index is 0.000000480. The second-order valence-corrected chi connectivity index (χ2v) is 4.67. The SMILES string of the molecule is C1[C]2CC3CC1CC(C2)C3.[PbH2]. The van der Waals surface area contributed by atoms with Gasteiger partial charge in [-0.05, 0) is 62.2 Å². The monoisotopic (exact) mass is 345 g/mol. The van der Waals surface area contributed by atoms with Gasteiger partial charge < -0.3 is 0 Å². The minimum absolute atomic E-state index is 0. The molecule has 0 spiro atoms. The molecular formula is C10H17Pb. The first-order valence-electron chi connectivity index (χ1n) is 4.73. The van der Waals surface area contributed by atoms with Crippen LogP contribution < -0.4 is 0 Å². The average Bonchev–Trinajstić information content (AvgIpc) is 1.82. The van der Waals surface area contributed by atoms with E-state index in [1.807, 2.05) is 5.92 Å². The minimum atomic E-state index is 0. The van der Waals surface area contributed by atoms with Gasteiger partial charge in [0.05, 0.1) is 0 Å². The van der Waals surface area contributed by atoms with Crippen LogP contribution >= 0.6 is 0 Å². The summed E-state index contributed by atoms with van der Waals surface area (Å²) in [6, 6.07) is 0. The van der Waals surface area contributed by atoms with Crippen LogP contribution in [0.25, 0.3) is 0 Å². The fourth-order valence-electron chi connectivity index (χ4n) is 3.68. The Morgan fingerprint density at radius 2 is 1.09 bits per heavy atom. The molecule has 4 bridgehead atoms. The van der Waals surface area contributed by atoms with Crippen molar-refractivity contribution in [2.24, 2.45) is 17.8 Å². The molecule has 0 aromatic heterocycles. The zero-order valence-electron chi connectivity index (χ0n) is 7.18. The van der Waals surface area contributed by atoms with E-state index in [4.69, 9.17) is 0 Å². The molecule has 0 aromatic carbocycles. The summed E-state index contributed by atoms with van der Waals surface area (Å²) in [5.41, 5.74) is 0. The van der Waals surface area contributed by atoms with E-state index in [1.54, 1.807) is 19.3 Å². The Labute approximate surface area is 89.3 Å². The first-order chi connectivity index (χ1) is 4.90. The van der Waals surface area contributed by atoms with Crippen LogP contribution in [0.15, 0.2) is 0 Å². The predicted molar refractivity (Wildman–Crippen MR) is 50.0 cm³/mol. The summed E-state index contributed by atoms with van der Waals surface area (Å²) in [6.45, 7) is 0. The van der Waals surface area contributed by atoms with Crippen LogP contribution in [-0.4, -0.2) is 27.3 Å². The van der Waals surface area contributed by atoms with Crippen LogP contribution in [0.2, 0.25) is 0 Å². The van der Waals surface area contributed by atoms with Crippen molar-refractivity contribution in [3.63, 3.8) is 0 Å². The van der Waals surface area contributed by atoms with E-state index in [0.29, 0.717) is 0 Å². The van der Waals surface area contributed by atoms with Gasteiger partial charge in [-0.3, -0.25) is 0 Å². The third kappa shape index (κ3) is 1.40. The summed E-state index contributed by atoms with van der Waals surface area (Å²) in [5.74, 6) is 5.35. The second-order valence-electron chi connectivity index (χ2n) is 4.67. The second kappa shape index (κ2) is 3.00. The first kappa shape index (κ1) is 8.52. The maximum atomic E-state index is 1.93. The molecule has 0 aliphatic heterocycles. The zero-order valence-corrected chi connectivity index (χ0v) is 12.7. The van der Waals surface area contributed by atoms with E-state index in [0.717, 1.165) is 17.8 Å². The molecule has 0 N–H and O–H groups in total. The molecule has 0 atom stereocenters. The molecule has 0 saturated heterocycles. The van der Waals surface area contributed by atoms with Crippen molar-refractivity contribution in [3.05, 3.63) is 5.92 Å². The van der Waals surface area contributed by atoms with Crippen LogP contribution in [0.5, 0.6) is 0 Å². The molecule has 61 valence electrons. The van der Waals surface area contributed by atoms with E-state index < -0.39 is 0 Å². The molecule has 4 aliphatic carbocycles. The van der Waals surface area contributed by atoms with Gasteiger partial charge in [0, 0.05) is 0 Å². The van der Waals surface area contributed by atoms with Crippen LogP contribution in [0.4, 0.5) is 0 Å². The third-order valence-electron chi connectivity index (χ3n) is 3.73. The average molecular weight is 344 g/mol. The fourth-order valence-corrected chi connectivity index (χ4v) is 3.68. The topological polar surface area (TPSA) is 0 Å². The third-order valence-corrected chi connectivity index (χ3v) is 3.73. The van der Waals surface area contributed by atoms with Crippen molar-refractivity contribution in [2.45, 2.75) is 38.5 Å². The Bertz CT molecular complexity index is 96.4. The molecule has 0 aromatic rings. The van der Waals surface area contributed by atoms with E-state index in [2.05, 4.69) is 0 Å². The van der Waals surface area contributed by atoms with Crippen molar-refractivity contribution in [2.75, 3.05) is 0 Å². The molecule has 11 heavy (non-hydrogen) atoms. The van der Waals surface area contributed by atoms with Crippen molar-refractivity contribution in [1.29, 1.82) is 0 Å². The van der Waals surface area contributed by atoms with Crippen molar-refractivity contribution in [1.82, 2.24) is 0 Å². The summed E-state index contributed by atoms with van der Waals surface area (Å²) >= 11 is 0. The molecule has 0 heterocycles. The summed E-state index contributed by atoms with van der Waals surface area (Å²) in [5, 5.41) is 0. The molecule has 4 fully saturated rings. The summed E-state index contributed by atoms with van der Waals surface area (Å²) in [6.07, 6.45) is 9.31. The number of hydrogen-bond acceptors (Lipinski definition) is 0. The Morgan fingerprint density at radius 1 is 0.727 bits per heavy atom. The van der Waals surface area contributed by atoms with Gasteiger partial charge in [0.2, 0.25) is 0 Å². The van der Waals surface area contributed by atoms with Gasteiger partial charge in [0.1, 0.15) is 0 Å². The van der Waals surface area contributed by atoms with Crippen molar-refractivity contribution in [3.8, 4) is 0 Å². The summed E-state index contributed by atoms with van der Waals surface area (Å²) in [4.78, 5) is 0. The molecule has 1 heteroatoms. The van der Waals surface area contributed by atoms with E-state index in [9.17, 15) is 0 Å². The summed E-state index contributed by atoms with van der Waals surface area (Å²) in [7, 11) is 0. The quantitative estimate of drug-likeness (QED) is 0.589. The van der Waals surface area contributed by atoms with Crippen LogP contribution in [0, 0.1) is 23.7 Å². The maximum absolute atomic E-state index is 1.93. The predicted octanol–water partition coefficient (Wildman–Crippen LogP) is 1.87. The van der Waals surface area contributed by atoms with Gasteiger partial charge in [-0.1, -0.05) is 0 Å². The van der Waals surface area contributed by atoms with Crippen LogP contribution in [0.1, 0.15) is 38.5 Å². The normalized spacial score (nSPS) is 47.5. The zero-order chi connectivity index (χ0) is 6.55. The number of rotatable bonds is 0. The Morgan fingerprint density at radius 3 is 1.36 bits per heavy atom. The Kier molecular flexibility index (Phi) is 2.33.